The highest BCUT2D eigenvalue weighted by Gasteiger charge is 2.11. The molecule has 0 saturated heterocycles. The largest absolute Gasteiger partial charge is 0.207 e. The van der Waals surface area contributed by atoms with E-state index in [1.165, 1.54) is 24.3 Å². The highest BCUT2D eigenvalue weighted by molar-refractivity contribution is 6.18. The molecule has 0 bridgehead atoms. The van der Waals surface area contributed by atoms with E-state index in [1.807, 2.05) is 0 Å². The van der Waals surface area contributed by atoms with Crippen LogP contribution in [-0.4, -0.2) is 5.88 Å². The molecule has 20 heavy (non-hydrogen) atoms. The van der Waals surface area contributed by atoms with Gasteiger partial charge in [0.1, 0.15) is 17.5 Å². The molecule has 0 aliphatic heterocycles. The van der Waals surface area contributed by atoms with Crippen LogP contribution in [0.5, 0.6) is 0 Å². The number of benzene rings is 2. The predicted octanol–water partition coefficient (Wildman–Crippen LogP) is 4.74. The van der Waals surface area contributed by atoms with Crippen molar-refractivity contribution in [2.45, 2.75) is 12.8 Å². The molecule has 0 N–H and O–H groups in total. The second kappa shape index (κ2) is 6.80. The Labute approximate surface area is 121 Å². The summed E-state index contributed by atoms with van der Waals surface area (Å²) in [4.78, 5) is 0. The van der Waals surface area contributed by atoms with Crippen LogP contribution in [-0.2, 0) is 12.8 Å². The third-order valence-corrected chi connectivity index (χ3v) is 3.54. The Kier molecular flexibility index (Phi) is 5.07. The van der Waals surface area contributed by atoms with Gasteiger partial charge in [0.25, 0.3) is 0 Å². The average molecular weight is 299 g/mol. The molecule has 4 heteroatoms. The summed E-state index contributed by atoms with van der Waals surface area (Å²) in [5, 5.41) is 0. The van der Waals surface area contributed by atoms with E-state index >= 15 is 0 Å². The molecule has 2 aromatic rings. The zero-order valence-electron chi connectivity index (χ0n) is 10.8. The van der Waals surface area contributed by atoms with E-state index in [0.29, 0.717) is 24.3 Å². The van der Waals surface area contributed by atoms with Crippen LogP contribution < -0.4 is 0 Å². The van der Waals surface area contributed by atoms with Gasteiger partial charge in [0, 0.05) is 11.9 Å². The first-order valence-electron chi connectivity index (χ1n) is 6.32. The highest BCUT2D eigenvalue weighted by atomic mass is 35.5. The Bertz CT molecular complexity index is 546. The van der Waals surface area contributed by atoms with Crippen molar-refractivity contribution in [1.82, 2.24) is 0 Å². The first-order chi connectivity index (χ1) is 9.56. The molecule has 0 aliphatic carbocycles. The van der Waals surface area contributed by atoms with E-state index in [2.05, 4.69) is 0 Å². The fraction of sp³-hybridized carbons (Fsp3) is 0.250. The molecule has 0 spiro atoms. The van der Waals surface area contributed by atoms with Gasteiger partial charge in [-0.2, -0.15) is 0 Å². The molecule has 0 nitrogen and oxygen atoms in total. The topological polar surface area (TPSA) is 0 Å². The maximum absolute atomic E-state index is 13.1. The minimum Gasteiger partial charge on any atom is -0.207 e. The van der Waals surface area contributed by atoms with Gasteiger partial charge < -0.3 is 0 Å². The Morgan fingerprint density at radius 2 is 1.30 bits per heavy atom. The van der Waals surface area contributed by atoms with Crippen LogP contribution in [0.3, 0.4) is 0 Å². The van der Waals surface area contributed by atoms with E-state index in [1.54, 1.807) is 12.1 Å². The summed E-state index contributed by atoms with van der Waals surface area (Å²) < 4.78 is 39.1. The van der Waals surface area contributed by atoms with Gasteiger partial charge in [0.15, 0.2) is 0 Å². The van der Waals surface area contributed by atoms with Crippen LogP contribution in [0.1, 0.15) is 11.1 Å². The lowest BCUT2D eigenvalue weighted by Gasteiger charge is -2.14. The summed E-state index contributed by atoms with van der Waals surface area (Å²) in [5.41, 5.74) is 1.53. The fourth-order valence-corrected chi connectivity index (χ4v) is 2.42. The molecule has 1 unspecified atom stereocenters. The quantitative estimate of drug-likeness (QED) is 0.699. The molecule has 2 aromatic carbocycles. The number of rotatable bonds is 5. The van der Waals surface area contributed by atoms with Gasteiger partial charge in [-0.1, -0.05) is 12.1 Å². The van der Waals surface area contributed by atoms with Gasteiger partial charge in [-0.15, -0.1) is 11.6 Å². The van der Waals surface area contributed by atoms with Crippen molar-refractivity contribution in [2.75, 3.05) is 5.88 Å². The zero-order chi connectivity index (χ0) is 14.5. The predicted molar refractivity (Wildman–Crippen MR) is 74.4 cm³/mol. The van der Waals surface area contributed by atoms with Gasteiger partial charge in [-0.25, -0.2) is 13.2 Å². The summed E-state index contributed by atoms with van der Waals surface area (Å²) in [6, 6.07) is 9.65. The number of hydrogen-bond donors (Lipinski definition) is 0. The third kappa shape index (κ3) is 4.27. The number of halogens is 4. The SMILES string of the molecule is Fc1ccc(CC(CCl)Cc2cc(F)cc(F)c2)cc1. The summed E-state index contributed by atoms with van der Waals surface area (Å²) in [5.74, 6) is -1.05. The van der Waals surface area contributed by atoms with Crippen LogP contribution in [0.15, 0.2) is 42.5 Å². The minimum atomic E-state index is -0.588. The molecule has 0 radical (unpaired) electrons. The van der Waals surface area contributed by atoms with Crippen LogP contribution in [0.4, 0.5) is 13.2 Å². The molecule has 0 fully saturated rings. The van der Waals surface area contributed by atoms with Crippen molar-refractivity contribution in [3.63, 3.8) is 0 Å². The van der Waals surface area contributed by atoms with Crippen molar-refractivity contribution >= 4 is 11.6 Å². The number of alkyl halides is 1. The normalized spacial score (nSPS) is 12.4. The smallest absolute Gasteiger partial charge is 0.126 e. The standard InChI is InChI=1S/C16H14ClF3/c17-10-13(5-11-1-3-14(18)4-2-11)6-12-7-15(19)9-16(20)8-12/h1-4,7-9,13H,5-6,10H2. The Balaban J connectivity index is 2.06. The Hall–Kier alpha value is -1.48. The van der Waals surface area contributed by atoms with Gasteiger partial charge in [0.05, 0.1) is 0 Å². The lowest BCUT2D eigenvalue weighted by atomic mass is 9.94. The van der Waals surface area contributed by atoms with Crippen molar-refractivity contribution in [3.8, 4) is 0 Å². The van der Waals surface area contributed by atoms with Gasteiger partial charge in [0.2, 0.25) is 0 Å². The molecule has 0 saturated carbocycles. The molecule has 0 heterocycles. The third-order valence-electron chi connectivity index (χ3n) is 3.10. The monoisotopic (exact) mass is 298 g/mol. The molecule has 1 atom stereocenters. The Morgan fingerprint density at radius 1 is 0.750 bits per heavy atom. The molecule has 0 amide bonds. The maximum atomic E-state index is 13.1. The lowest BCUT2D eigenvalue weighted by Crippen LogP contribution is -2.10. The zero-order valence-corrected chi connectivity index (χ0v) is 11.5. The van der Waals surface area contributed by atoms with Crippen LogP contribution >= 0.6 is 11.6 Å². The first kappa shape index (κ1) is 14.9. The molecule has 106 valence electrons. The van der Waals surface area contributed by atoms with E-state index in [9.17, 15) is 13.2 Å². The molecule has 0 aliphatic rings. The average Bonchev–Trinajstić information content (AvgIpc) is 2.39. The number of hydrogen-bond acceptors (Lipinski definition) is 0. The second-order valence-corrected chi connectivity index (χ2v) is 5.14. The lowest BCUT2D eigenvalue weighted by molar-refractivity contribution is 0.556. The second-order valence-electron chi connectivity index (χ2n) is 4.83. The van der Waals surface area contributed by atoms with Gasteiger partial charge in [-0.3, -0.25) is 0 Å². The first-order valence-corrected chi connectivity index (χ1v) is 6.85. The molecular weight excluding hydrogens is 285 g/mol. The molecule has 0 aromatic heterocycles. The van der Waals surface area contributed by atoms with E-state index in [-0.39, 0.29) is 11.7 Å². The summed E-state index contributed by atoms with van der Waals surface area (Å²) in [6.45, 7) is 0. The van der Waals surface area contributed by atoms with Crippen molar-refractivity contribution in [2.24, 2.45) is 5.92 Å². The van der Waals surface area contributed by atoms with Gasteiger partial charge in [-0.05, 0) is 54.2 Å². The summed E-state index contributed by atoms with van der Waals surface area (Å²) >= 11 is 5.92. The maximum Gasteiger partial charge on any atom is 0.126 e. The summed E-state index contributed by atoms with van der Waals surface area (Å²) in [6.07, 6.45) is 1.12. The Morgan fingerprint density at radius 3 is 1.85 bits per heavy atom. The minimum absolute atomic E-state index is 0.0447. The van der Waals surface area contributed by atoms with E-state index < -0.39 is 11.6 Å². The van der Waals surface area contributed by atoms with E-state index in [0.717, 1.165) is 11.6 Å². The van der Waals surface area contributed by atoms with Gasteiger partial charge >= 0.3 is 0 Å². The van der Waals surface area contributed by atoms with Crippen molar-refractivity contribution < 1.29 is 13.2 Å². The van der Waals surface area contributed by atoms with E-state index in [4.69, 9.17) is 11.6 Å². The summed E-state index contributed by atoms with van der Waals surface area (Å²) in [7, 11) is 0. The molecule has 2 rings (SSSR count). The van der Waals surface area contributed by atoms with Crippen LogP contribution in [0, 0.1) is 23.4 Å². The highest BCUT2D eigenvalue weighted by Crippen LogP contribution is 2.18. The fourth-order valence-electron chi connectivity index (χ4n) is 2.20. The van der Waals surface area contributed by atoms with Crippen molar-refractivity contribution in [3.05, 3.63) is 71.0 Å². The molecular formula is C16H14ClF3. The van der Waals surface area contributed by atoms with Crippen LogP contribution in [0.25, 0.3) is 0 Å². The van der Waals surface area contributed by atoms with Crippen molar-refractivity contribution in [1.29, 1.82) is 0 Å². The van der Waals surface area contributed by atoms with Crippen LogP contribution in [0.2, 0.25) is 0 Å².